The van der Waals surface area contributed by atoms with Gasteiger partial charge in [-0.25, -0.2) is 9.78 Å². The molecule has 5 rings (SSSR count). The number of H-pyrrole nitrogens is 1. The number of ether oxygens (including phenoxy) is 1. The van der Waals surface area contributed by atoms with Gasteiger partial charge in [0.1, 0.15) is 11.2 Å². The van der Waals surface area contributed by atoms with E-state index in [0.717, 1.165) is 33.4 Å². The Bertz CT molecular complexity index is 1550. The highest BCUT2D eigenvalue weighted by Gasteiger charge is 2.34. The zero-order valence-electron chi connectivity index (χ0n) is 25.5. The number of halogens is 1. The smallest absolute Gasteiger partial charge is 0.410 e. The number of amides is 2. The number of benzene rings is 2. The molecule has 0 bridgehead atoms. The molecule has 9 heteroatoms. The van der Waals surface area contributed by atoms with Crippen molar-refractivity contribution in [1.29, 1.82) is 0 Å². The van der Waals surface area contributed by atoms with Gasteiger partial charge in [0, 0.05) is 67.1 Å². The number of carbonyl (C=O) groups is 2. The van der Waals surface area contributed by atoms with Gasteiger partial charge in [0.05, 0.1) is 11.6 Å². The minimum absolute atomic E-state index is 0.0130. The highest BCUT2D eigenvalue weighted by atomic mass is 35.5. The molecule has 1 atom stereocenters. The molecule has 0 spiro atoms. The van der Waals surface area contributed by atoms with Crippen LogP contribution in [0.5, 0.6) is 0 Å². The zero-order valence-corrected chi connectivity index (χ0v) is 26.3. The van der Waals surface area contributed by atoms with E-state index < -0.39 is 17.6 Å². The van der Waals surface area contributed by atoms with Crippen LogP contribution in [0.15, 0.2) is 73.1 Å². The maximum Gasteiger partial charge on any atom is 0.410 e. The lowest BCUT2D eigenvalue weighted by Gasteiger charge is -2.39. The summed E-state index contributed by atoms with van der Waals surface area (Å²) in [6.45, 7) is 12.1. The molecule has 2 aromatic heterocycles. The molecular weight excluding hydrogens is 562 g/mol. The average Bonchev–Trinajstić information content (AvgIpc) is 3.46. The Labute approximate surface area is 258 Å². The summed E-state index contributed by atoms with van der Waals surface area (Å²) in [7, 11) is 0. The van der Waals surface area contributed by atoms with Gasteiger partial charge in [0.25, 0.3) is 0 Å². The first-order chi connectivity index (χ1) is 20.5. The second-order valence-corrected chi connectivity index (χ2v) is 12.7. The van der Waals surface area contributed by atoms with Gasteiger partial charge in [-0.05, 0) is 63.9 Å². The molecule has 0 unspecified atom stereocenters. The fourth-order valence-electron chi connectivity index (χ4n) is 5.57. The Hall–Kier alpha value is -4.04. The number of aromatic nitrogens is 2. The lowest BCUT2D eigenvalue weighted by atomic mass is 9.95. The molecule has 8 nitrogen and oxygen atoms in total. The number of piperazine rings is 1. The van der Waals surface area contributed by atoms with Crippen molar-refractivity contribution < 1.29 is 14.3 Å². The second kappa shape index (κ2) is 12.7. The number of carbonyl (C=O) groups excluding carboxylic acids is 2. The van der Waals surface area contributed by atoms with Crippen LogP contribution in [0.25, 0.3) is 22.2 Å². The van der Waals surface area contributed by atoms with Crippen LogP contribution >= 0.6 is 11.6 Å². The maximum atomic E-state index is 14.2. The Morgan fingerprint density at radius 3 is 2.30 bits per heavy atom. The number of anilines is 1. The minimum Gasteiger partial charge on any atom is -0.444 e. The van der Waals surface area contributed by atoms with Crippen LogP contribution in [0, 0.1) is 0 Å². The molecule has 226 valence electrons. The zero-order chi connectivity index (χ0) is 30.7. The Balaban J connectivity index is 1.39. The summed E-state index contributed by atoms with van der Waals surface area (Å²) in [5.41, 5.74) is 4.31. The topological polar surface area (TPSA) is 81.8 Å². The van der Waals surface area contributed by atoms with Crippen LogP contribution in [-0.2, 0) is 9.53 Å². The molecule has 0 radical (unpaired) electrons. The summed E-state index contributed by atoms with van der Waals surface area (Å²) in [4.78, 5) is 41.2. The quantitative estimate of drug-likeness (QED) is 0.248. The molecule has 1 N–H and O–H groups in total. The van der Waals surface area contributed by atoms with Gasteiger partial charge in [0.2, 0.25) is 5.91 Å². The standard InChI is InChI=1S/C34H40ClN5O3/c1-23(2)40(33(42)43-34(3,4)5)22-29(25-11-13-26(35)14-12-25)32(41)39-19-17-38(18-20-39)30-27-15-16-36-31(27)37-21-28(30)24-9-7-6-8-10-24/h6-16,21,23,29H,17-20,22H2,1-5H3,(H,36,37)/t29-/m1/s1. The van der Waals surface area contributed by atoms with E-state index in [1.54, 1.807) is 17.0 Å². The van der Waals surface area contributed by atoms with E-state index in [1.165, 1.54) is 0 Å². The molecular formula is C34H40ClN5O3. The summed E-state index contributed by atoms with van der Waals surface area (Å²) in [5, 5.41) is 1.66. The normalized spacial score (nSPS) is 14.7. The highest BCUT2D eigenvalue weighted by molar-refractivity contribution is 6.30. The van der Waals surface area contributed by atoms with Crippen molar-refractivity contribution >= 4 is 40.3 Å². The molecule has 43 heavy (non-hydrogen) atoms. The Morgan fingerprint density at radius 1 is 1.00 bits per heavy atom. The van der Waals surface area contributed by atoms with Gasteiger partial charge in [-0.3, -0.25) is 4.79 Å². The van der Waals surface area contributed by atoms with Crippen molar-refractivity contribution in [2.45, 2.75) is 52.2 Å². The number of hydrogen-bond donors (Lipinski definition) is 1. The third-order valence-electron chi connectivity index (χ3n) is 7.75. The third-order valence-corrected chi connectivity index (χ3v) is 8.00. The van der Waals surface area contributed by atoms with Gasteiger partial charge in [-0.1, -0.05) is 54.1 Å². The first-order valence-electron chi connectivity index (χ1n) is 14.8. The number of aromatic amines is 1. The number of nitrogens with one attached hydrogen (secondary N) is 1. The predicted octanol–water partition coefficient (Wildman–Crippen LogP) is 6.96. The number of rotatable bonds is 7. The molecule has 1 aliphatic rings. The summed E-state index contributed by atoms with van der Waals surface area (Å²) in [6, 6.07) is 19.5. The van der Waals surface area contributed by atoms with Crippen molar-refractivity contribution in [1.82, 2.24) is 19.8 Å². The molecule has 0 aliphatic carbocycles. The average molecular weight is 602 g/mol. The summed E-state index contributed by atoms with van der Waals surface area (Å²) in [5.74, 6) is -0.572. The second-order valence-electron chi connectivity index (χ2n) is 12.3. The van der Waals surface area contributed by atoms with Crippen molar-refractivity contribution in [3.05, 3.63) is 83.6 Å². The third kappa shape index (κ3) is 6.96. The Morgan fingerprint density at radius 2 is 1.67 bits per heavy atom. The number of fused-ring (bicyclic) bond motifs is 1. The van der Waals surface area contributed by atoms with E-state index in [9.17, 15) is 9.59 Å². The number of pyridine rings is 1. The number of nitrogens with zero attached hydrogens (tertiary/aromatic N) is 4. The van der Waals surface area contributed by atoms with Crippen molar-refractivity contribution in [3.8, 4) is 11.1 Å². The number of hydrogen-bond acceptors (Lipinski definition) is 5. The van der Waals surface area contributed by atoms with E-state index in [-0.39, 0.29) is 18.5 Å². The Kier molecular flexibility index (Phi) is 8.97. The predicted molar refractivity (Wildman–Crippen MR) is 173 cm³/mol. The fraction of sp³-hybridized carbons (Fsp3) is 0.382. The first-order valence-corrected chi connectivity index (χ1v) is 15.2. The van der Waals surface area contributed by atoms with Crippen molar-refractivity contribution in [2.24, 2.45) is 0 Å². The monoisotopic (exact) mass is 601 g/mol. The van der Waals surface area contributed by atoms with Crippen LogP contribution in [0.2, 0.25) is 5.02 Å². The van der Waals surface area contributed by atoms with E-state index >= 15 is 0 Å². The van der Waals surface area contributed by atoms with Crippen LogP contribution in [0.1, 0.15) is 46.1 Å². The fourth-order valence-corrected chi connectivity index (χ4v) is 5.69. The SMILES string of the molecule is CC(C)N(C[C@@H](C(=O)N1CCN(c2c(-c3ccccc3)cnc3[nH]ccc23)CC1)c1ccc(Cl)cc1)C(=O)OC(C)(C)C. The van der Waals surface area contributed by atoms with E-state index in [0.29, 0.717) is 31.2 Å². The first kappa shape index (κ1) is 30.4. The minimum atomic E-state index is -0.642. The van der Waals surface area contributed by atoms with Crippen LogP contribution < -0.4 is 4.90 Å². The van der Waals surface area contributed by atoms with Gasteiger partial charge < -0.3 is 24.4 Å². The van der Waals surface area contributed by atoms with E-state index in [2.05, 4.69) is 33.1 Å². The van der Waals surface area contributed by atoms with Crippen LogP contribution in [0.4, 0.5) is 10.5 Å². The molecule has 2 amide bonds. The van der Waals surface area contributed by atoms with Gasteiger partial charge in [-0.2, -0.15) is 0 Å². The van der Waals surface area contributed by atoms with Gasteiger partial charge in [-0.15, -0.1) is 0 Å². The lowest BCUT2D eigenvalue weighted by molar-refractivity contribution is -0.133. The molecule has 4 aromatic rings. The summed E-state index contributed by atoms with van der Waals surface area (Å²) < 4.78 is 5.71. The largest absolute Gasteiger partial charge is 0.444 e. The van der Waals surface area contributed by atoms with E-state index in [4.69, 9.17) is 16.3 Å². The molecule has 3 heterocycles. The summed E-state index contributed by atoms with van der Waals surface area (Å²) in [6.07, 6.45) is 3.41. The molecule has 0 saturated carbocycles. The van der Waals surface area contributed by atoms with Crippen LogP contribution in [-0.4, -0.2) is 76.1 Å². The van der Waals surface area contributed by atoms with Crippen molar-refractivity contribution in [2.75, 3.05) is 37.6 Å². The van der Waals surface area contributed by atoms with Crippen molar-refractivity contribution in [3.63, 3.8) is 0 Å². The highest BCUT2D eigenvalue weighted by Crippen LogP contribution is 2.37. The molecule has 1 aliphatic heterocycles. The molecule has 2 aromatic carbocycles. The molecule has 1 saturated heterocycles. The summed E-state index contributed by atoms with van der Waals surface area (Å²) >= 11 is 6.20. The maximum absolute atomic E-state index is 14.2. The van der Waals surface area contributed by atoms with Gasteiger partial charge >= 0.3 is 6.09 Å². The van der Waals surface area contributed by atoms with Gasteiger partial charge in [0.15, 0.2) is 0 Å². The van der Waals surface area contributed by atoms with E-state index in [1.807, 2.05) is 82.2 Å². The molecule has 1 fully saturated rings. The lowest BCUT2D eigenvalue weighted by Crippen LogP contribution is -2.52. The van der Waals surface area contributed by atoms with Crippen LogP contribution in [0.3, 0.4) is 0 Å².